The number of para-hydroxylation sites is 1. The number of benzene rings is 1. The molecule has 0 radical (unpaired) electrons. The molecule has 0 bridgehead atoms. The molecule has 2 heterocycles. The van der Waals surface area contributed by atoms with E-state index in [1.807, 2.05) is 59.3 Å². The Morgan fingerprint density at radius 2 is 2.00 bits per heavy atom. The van der Waals surface area contributed by atoms with Gasteiger partial charge >= 0.3 is 0 Å². The minimum absolute atomic E-state index is 0.507. The molecule has 90 valence electrons. The maximum absolute atomic E-state index is 5.72. The minimum Gasteiger partial charge on any atom is -0.487 e. The summed E-state index contributed by atoms with van der Waals surface area (Å²) in [6, 6.07) is 13.7. The van der Waals surface area contributed by atoms with Gasteiger partial charge in [0.25, 0.3) is 0 Å². The van der Waals surface area contributed by atoms with E-state index in [4.69, 9.17) is 4.74 Å². The van der Waals surface area contributed by atoms with E-state index in [1.54, 1.807) is 0 Å². The molecule has 0 aliphatic carbocycles. The second-order valence-corrected chi connectivity index (χ2v) is 4.84. The van der Waals surface area contributed by atoms with E-state index in [2.05, 4.69) is 20.9 Å². The molecule has 0 amide bonds. The highest BCUT2D eigenvalue weighted by Crippen LogP contribution is 2.16. The molecule has 0 atom stereocenters. The molecule has 3 rings (SSSR count). The summed E-state index contributed by atoms with van der Waals surface area (Å²) in [5, 5.41) is 0. The summed E-state index contributed by atoms with van der Waals surface area (Å²) in [6.07, 6.45) is 3.82. The van der Waals surface area contributed by atoms with E-state index in [9.17, 15) is 0 Å². The van der Waals surface area contributed by atoms with Crippen LogP contribution in [0, 0.1) is 0 Å². The topological polar surface area (TPSA) is 26.5 Å². The molecular weight excluding hydrogens is 292 g/mol. The Morgan fingerprint density at radius 1 is 1.17 bits per heavy atom. The molecule has 0 saturated heterocycles. The van der Waals surface area contributed by atoms with Crippen molar-refractivity contribution >= 4 is 21.6 Å². The van der Waals surface area contributed by atoms with Crippen LogP contribution in [0.3, 0.4) is 0 Å². The zero-order valence-corrected chi connectivity index (χ0v) is 11.2. The number of halogens is 1. The Morgan fingerprint density at radius 3 is 2.83 bits per heavy atom. The van der Waals surface area contributed by atoms with Crippen molar-refractivity contribution in [3.63, 3.8) is 0 Å². The first-order valence-electron chi connectivity index (χ1n) is 5.62. The van der Waals surface area contributed by atoms with Crippen molar-refractivity contribution in [3.8, 4) is 5.75 Å². The number of hydrogen-bond donors (Lipinski definition) is 0. The second-order valence-electron chi connectivity index (χ2n) is 3.92. The Labute approximate surface area is 113 Å². The molecule has 0 fully saturated rings. The lowest BCUT2D eigenvalue weighted by atomic mass is 10.3. The van der Waals surface area contributed by atoms with Crippen molar-refractivity contribution in [1.82, 2.24) is 9.38 Å². The van der Waals surface area contributed by atoms with Crippen LogP contribution in [0.4, 0.5) is 0 Å². The van der Waals surface area contributed by atoms with Crippen molar-refractivity contribution in [2.45, 2.75) is 6.61 Å². The zero-order valence-electron chi connectivity index (χ0n) is 9.58. The lowest BCUT2D eigenvalue weighted by Crippen LogP contribution is -1.99. The molecule has 0 aliphatic rings. The SMILES string of the molecule is Brc1ccn2c(COc3ccccc3)cnc2c1. The molecule has 0 unspecified atom stereocenters. The zero-order chi connectivity index (χ0) is 12.4. The first-order valence-corrected chi connectivity index (χ1v) is 6.41. The van der Waals surface area contributed by atoms with Crippen molar-refractivity contribution < 1.29 is 4.74 Å². The summed E-state index contributed by atoms with van der Waals surface area (Å²) < 4.78 is 8.76. The molecule has 3 aromatic rings. The van der Waals surface area contributed by atoms with Gasteiger partial charge in [0.05, 0.1) is 11.9 Å². The number of ether oxygens (including phenoxy) is 1. The van der Waals surface area contributed by atoms with Crippen LogP contribution < -0.4 is 4.74 Å². The van der Waals surface area contributed by atoms with Gasteiger partial charge < -0.3 is 9.14 Å². The fourth-order valence-electron chi connectivity index (χ4n) is 1.79. The molecule has 18 heavy (non-hydrogen) atoms. The van der Waals surface area contributed by atoms with Gasteiger partial charge in [-0.25, -0.2) is 4.98 Å². The Kier molecular flexibility index (Phi) is 3.02. The number of aromatic nitrogens is 2. The summed E-state index contributed by atoms with van der Waals surface area (Å²) in [7, 11) is 0. The van der Waals surface area contributed by atoms with E-state index < -0.39 is 0 Å². The summed E-state index contributed by atoms with van der Waals surface area (Å²) in [4.78, 5) is 4.34. The highest BCUT2D eigenvalue weighted by molar-refractivity contribution is 9.10. The maximum atomic E-state index is 5.72. The third-order valence-electron chi connectivity index (χ3n) is 2.68. The standard InChI is InChI=1S/C14H11BrN2O/c15-11-6-7-17-12(9-16-14(17)8-11)10-18-13-4-2-1-3-5-13/h1-9H,10H2. The van der Waals surface area contributed by atoms with Gasteiger partial charge in [-0.2, -0.15) is 0 Å². The van der Waals surface area contributed by atoms with Gasteiger partial charge in [0.2, 0.25) is 0 Å². The van der Waals surface area contributed by atoms with Crippen LogP contribution >= 0.6 is 15.9 Å². The van der Waals surface area contributed by atoms with Crippen LogP contribution in [0.5, 0.6) is 5.75 Å². The molecule has 3 nitrogen and oxygen atoms in total. The summed E-state index contributed by atoms with van der Waals surface area (Å²) in [6.45, 7) is 0.507. The van der Waals surface area contributed by atoms with Crippen LogP contribution in [0.2, 0.25) is 0 Å². The van der Waals surface area contributed by atoms with Gasteiger partial charge in [0, 0.05) is 10.7 Å². The van der Waals surface area contributed by atoms with Crippen LogP contribution in [0.1, 0.15) is 5.69 Å². The van der Waals surface area contributed by atoms with E-state index >= 15 is 0 Å². The van der Waals surface area contributed by atoms with Crippen LogP contribution in [-0.2, 0) is 6.61 Å². The van der Waals surface area contributed by atoms with Crippen molar-refractivity contribution in [3.05, 3.63) is 65.0 Å². The van der Waals surface area contributed by atoms with Crippen molar-refractivity contribution in [2.24, 2.45) is 0 Å². The minimum atomic E-state index is 0.507. The average molecular weight is 303 g/mol. The third-order valence-corrected chi connectivity index (χ3v) is 3.18. The largest absolute Gasteiger partial charge is 0.487 e. The Bertz CT molecular complexity index is 664. The quantitative estimate of drug-likeness (QED) is 0.738. The fraction of sp³-hybridized carbons (Fsp3) is 0.0714. The normalized spacial score (nSPS) is 10.7. The van der Waals surface area contributed by atoms with Gasteiger partial charge in [-0.05, 0) is 24.3 Å². The van der Waals surface area contributed by atoms with Crippen molar-refractivity contribution in [2.75, 3.05) is 0 Å². The molecule has 2 aromatic heterocycles. The number of imidazole rings is 1. The monoisotopic (exact) mass is 302 g/mol. The van der Waals surface area contributed by atoms with Crippen LogP contribution in [-0.4, -0.2) is 9.38 Å². The van der Waals surface area contributed by atoms with E-state index in [0.29, 0.717) is 6.61 Å². The predicted molar refractivity (Wildman–Crippen MR) is 73.7 cm³/mol. The van der Waals surface area contributed by atoms with Gasteiger partial charge in [-0.3, -0.25) is 0 Å². The van der Waals surface area contributed by atoms with E-state index in [1.165, 1.54) is 0 Å². The van der Waals surface area contributed by atoms with Crippen LogP contribution in [0.15, 0.2) is 59.3 Å². The average Bonchev–Trinajstić information content (AvgIpc) is 2.80. The summed E-state index contributed by atoms with van der Waals surface area (Å²) >= 11 is 3.43. The van der Waals surface area contributed by atoms with Crippen molar-refractivity contribution in [1.29, 1.82) is 0 Å². The fourth-order valence-corrected chi connectivity index (χ4v) is 2.11. The summed E-state index contributed by atoms with van der Waals surface area (Å²) in [5.74, 6) is 0.865. The molecule has 0 N–H and O–H groups in total. The molecule has 1 aromatic carbocycles. The molecule has 0 aliphatic heterocycles. The lowest BCUT2D eigenvalue weighted by molar-refractivity contribution is 0.300. The van der Waals surface area contributed by atoms with E-state index in [-0.39, 0.29) is 0 Å². The van der Waals surface area contributed by atoms with Gasteiger partial charge in [-0.1, -0.05) is 34.1 Å². The van der Waals surface area contributed by atoms with E-state index in [0.717, 1.165) is 21.6 Å². The van der Waals surface area contributed by atoms with Gasteiger partial charge in [0.1, 0.15) is 18.0 Å². The Balaban J connectivity index is 1.83. The Hall–Kier alpha value is -1.81. The molecule has 0 saturated carbocycles. The maximum Gasteiger partial charge on any atom is 0.138 e. The second kappa shape index (κ2) is 4.82. The van der Waals surface area contributed by atoms with Gasteiger partial charge in [-0.15, -0.1) is 0 Å². The number of pyridine rings is 1. The smallest absolute Gasteiger partial charge is 0.138 e. The lowest BCUT2D eigenvalue weighted by Gasteiger charge is -2.05. The summed E-state index contributed by atoms with van der Waals surface area (Å²) in [5.41, 5.74) is 1.94. The molecule has 0 spiro atoms. The number of fused-ring (bicyclic) bond motifs is 1. The first kappa shape index (κ1) is 11.3. The third kappa shape index (κ3) is 2.24. The predicted octanol–water partition coefficient (Wildman–Crippen LogP) is 3.68. The molecular formula is C14H11BrN2O. The number of rotatable bonds is 3. The highest BCUT2D eigenvalue weighted by atomic mass is 79.9. The highest BCUT2D eigenvalue weighted by Gasteiger charge is 2.04. The number of nitrogens with zero attached hydrogens (tertiary/aromatic N) is 2. The van der Waals surface area contributed by atoms with Crippen LogP contribution in [0.25, 0.3) is 5.65 Å². The van der Waals surface area contributed by atoms with Gasteiger partial charge in [0.15, 0.2) is 0 Å². The number of hydrogen-bond acceptors (Lipinski definition) is 2. The molecule has 4 heteroatoms. The first-order chi connectivity index (χ1) is 8.83.